The third kappa shape index (κ3) is 3.49. The number of benzene rings is 1. The van der Waals surface area contributed by atoms with Crippen LogP contribution in [-0.4, -0.2) is 30.9 Å². The number of halogens is 1. The molecular formula is C13H18FNO2. The van der Waals surface area contributed by atoms with Crippen molar-refractivity contribution in [3.8, 4) is 0 Å². The van der Waals surface area contributed by atoms with Gasteiger partial charge in [0.1, 0.15) is 5.82 Å². The number of hydrogen-bond acceptors (Lipinski definition) is 3. The number of aliphatic hydroxyl groups is 1. The summed E-state index contributed by atoms with van der Waals surface area (Å²) in [6.07, 6.45) is 1.10. The lowest BCUT2D eigenvalue weighted by Gasteiger charge is -2.24. The van der Waals surface area contributed by atoms with Crippen LogP contribution in [0.1, 0.15) is 24.5 Å². The molecule has 0 spiro atoms. The minimum atomic E-state index is -0.793. The van der Waals surface area contributed by atoms with Crippen LogP contribution in [0, 0.1) is 5.82 Å². The first-order chi connectivity index (χ1) is 8.27. The molecule has 1 fully saturated rings. The summed E-state index contributed by atoms with van der Waals surface area (Å²) < 4.78 is 18.6. The zero-order valence-corrected chi connectivity index (χ0v) is 9.73. The fraction of sp³-hybridized carbons (Fsp3) is 0.538. The van der Waals surface area contributed by atoms with E-state index in [4.69, 9.17) is 4.74 Å². The first kappa shape index (κ1) is 12.5. The summed E-state index contributed by atoms with van der Waals surface area (Å²) in [6.45, 7) is 1.90. The van der Waals surface area contributed by atoms with Gasteiger partial charge in [-0.2, -0.15) is 0 Å². The fourth-order valence-corrected chi connectivity index (χ4v) is 2.04. The van der Waals surface area contributed by atoms with E-state index in [0.29, 0.717) is 18.2 Å². The second-order valence-electron chi connectivity index (χ2n) is 4.33. The van der Waals surface area contributed by atoms with E-state index in [0.717, 1.165) is 26.1 Å². The maximum absolute atomic E-state index is 13.4. The number of rotatable bonds is 4. The van der Waals surface area contributed by atoms with Crippen LogP contribution in [0.15, 0.2) is 24.3 Å². The lowest BCUT2D eigenvalue weighted by atomic mass is 10.1. The van der Waals surface area contributed by atoms with Crippen LogP contribution >= 0.6 is 0 Å². The molecule has 1 saturated heterocycles. The van der Waals surface area contributed by atoms with E-state index in [-0.39, 0.29) is 5.82 Å². The molecule has 0 saturated carbocycles. The van der Waals surface area contributed by atoms with E-state index in [2.05, 4.69) is 5.32 Å². The summed E-state index contributed by atoms with van der Waals surface area (Å²) in [5, 5.41) is 13.1. The number of hydrogen-bond donors (Lipinski definition) is 2. The van der Waals surface area contributed by atoms with Gasteiger partial charge in [-0.15, -0.1) is 0 Å². The van der Waals surface area contributed by atoms with Gasteiger partial charge in [0, 0.05) is 31.4 Å². The first-order valence-electron chi connectivity index (χ1n) is 6.01. The predicted molar refractivity (Wildman–Crippen MR) is 63.2 cm³/mol. The molecular weight excluding hydrogens is 221 g/mol. The van der Waals surface area contributed by atoms with E-state index in [1.807, 2.05) is 0 Å². The van der Waals surface area contributed by atoms with Gasteiger partial charge < -0.3 is 15.2 Å². The Morgan fingerprint density at radius 2 is 2.06 bits per heavy atom. The van der Waals surface area contributed by atoms with Gasteiger partial charge in [0.05, 0.1) is 6.10 Å². The smallest absolute Gasteiger partial charge is 0.129 e. The van der Waals surface area contributed by atoms with Crippen molar-refractivity contribution in [2.75, 3.05) is 19.8 Å². The van der Waals surface area contributed by atoms with Gasteiger partial charge in [-0.25, -0.2) is 4.39 Å². The summed E-state index contributed by atoms with van der Waals surface area (Å²) in [6, 6.07) is 6.71. The van der Waals surface area contributed by atoms with Crippen LogP contribution in [0.5, 0.6) is 0 Å². The molecule has 1 atom stereocenters. The van der Waals surface area contributed by atoms with E-state index in [1.54, 1.807) is 18.2 Å². The van der Waals surface area contributed by atoms with E-state index < -0.39 is 6.10 Å². The molecule has 94 valence electrons. The molecule has 4 heteroatoms. The summed E-state index contributed by atoms with van der Waals surface area (Å²) >= 11 is 0. The fourth-order valence-electron chi connectivity index (χ4n) is 2.04. The Morgan fingerprint density at radius 3 is 2.76 bits per heavy atom. The third-order valence-electron chi connectivity index (χ3n) is 3.09. The Balaban J connectivity index is 1.84. The maximum Gasteiger partial charge on any atom is 0.129 e. The van der Waals surface area contributed by atoms with Crippen LogP contribution in [0.4, 0.5) is 4.39 Å². The standard InChI is InChI=1S/C13H18FNO2/c14-12-4-2-1-3-11(12)13(16)9-15-10-5-7-17-8-6-10/h1-4,10,13,15-16H,5-9H2/t13-/m0/s1. The van der Waals surface area contributed by atoms with Crippen molar-refractivity contribution >= 4 is 0 Å². The van der Waals surface area contributed by atoms with Crippen LogP contribution in [0.2, 0.25) is 0 Å². The monoisotopic (exact) mass is 239 g/mol. The van der Waals surface area contributed by atoms with Gasteiger partial charge in [0.15, 0.2) is 0 Å². The molecule has 0 aliphatic carbocycles. The second kappa shape index (κ2) is 6.10. The zero-order chi connectivity index (χ0) is 12.1. The minimum Gasteiger partial charge on any atom is -0.387 e. The first-order valence-corrected chi connectivity index (χ1v) is 6.01. The Bertz CT molecular complexity index is 353. The number of ether oxygens (including phenoxy) is 1. The van der Waals surface area contributed by atoms with Gasteiger partial charge in [0.2, 0.25) is 0 Å². The van der Waals surface area contributed by atoms with Crippen molar-refractivity contribution in [1.82, 2.24) is 5.32 Å². The summed E-state index contributed by atoms with van der Waals surface area (Å²) in [5.74, 6) is -0.353. The maximum atomic E-state index is 13.4. The molecule has 0 bridgehead atoms. The van der Waals surface area contributed by atoms with Gasteiger partial charge in [0.25, 0.3) is 0 Å². The van der Waals surface area contributed by atoms with Gasteiger partial charge in [-0.3, -0.25) is 0 Å². The molecule has 1 aromatic rings. The highest BCUT2D eigenvalue weighted by Gasteiger charge is 2.16. The van der Waals surface area contributed by atoms with Crippen LogP contribution < -0.4 is 5.32 Å². The lowest BCUT2D eigenvalue weighted by molar-refractivity contribution is 0.0721. The molecule has 1 aromatic carbocycles. The van der Waals surface area contributed by atoms with Crippen LogP contribution in [0.3, 0.4) is 0 Å². The molecule has 2 rings (SSSR count). The van der Waals surface area contributed by atoms with E-state index in [9.17, 15) is 9.50 Å². The summed E-state index contributed by atoms with van der Waals surface area (Å²) in [7, 11) is 0. The highest BCUT2D eigenvalue weighted by Crippen LogP contribution is 2.16. The average Bonchev–Trinajstić information content (AvgIpc) is 2.38. The van der Waals surface area contributed by atoms with Crippen LogP contribution in [-0.2, 0) is 4.74 Å². The normalized spacial score (nSPS) is 19.2. The third-order valence-corrected chi connectivity index (χ3v) is 3.09. The molecule has 2 N–H and O–H groups in total. The molecule has 1 aliphatic heterocycles. The zero-order valence-electron chi connectivity index (χ0n) is 9.73. The molecule has 1 heterocycles. The van der Waals surface area contributed by atoms with Crippen molar-refractivity contribution in [1.29, 1.82) is 0 Å². The summed E-state index contributed by atoms with van der Waals surface area (Å²) in [4.78, 5) is 0. The van der Waals surface area contributed by atoms with E-state index >= 15 is 0 Å². The molecule has 17 heavy (non-hydrogen) atoms. The van der Waals surface area contributed by atoms with Crippen molar-refractivity contribution in [2.24, 2.45) is 0 Å². The lowest BCUT2D eigenvalue weighted by Crippen LogP contribution is -2.37. The van der Waals surface area contributed by atoms with Crippen molar-refractivity contribution in [3.63, 3.8) is 0 Å². The number of nitrogens with one attached hydrogen (secondary N) is 1. The van der Waals surface area contributed by atoms with Gasteiger partial charge >= 0.3 is 0 Å². The minimum absolute atomic E-state index is 0.353. The molecule has 0 aromatic heterocycles. The van der Waals surface area contributed by atoms with Crippen molar-refractivity contribution in [2.45, 2.75) is 25.0 Å². The molecule has 3 nitrogen and oxygen atoms in total. The predicted octanol–water partition coefficient (Wildman–Crippen LogP) is 1.63. The Kier molecular flexibility index (Phi) is 4.48. The SMILES string of the molecule is O[C@@H](CNC1CCOCC1)c1ccccc1F. The van der Waals surface area contributed by atoms with E-state index in [1.165, 1.54) is 6.07 Å². The van der Waals surface area contributed by atoms with Crippen molar-refractivity contribution < 1.29 is 14.2 Å². The second-order valence-corrected chi connectivity index (χ2v) is 4.33. The summed E-state index contributed by atoms with van der Waals surface area (Å²) in [5.41, 5.74) is 0.354. The Hall–Kier alpha value is -0.970. The molecule has 1 aliphatic rings. The van der Waals surface area contributed by atoms with Gasteiger partial charge in [-0.1, -0.05) is 18.2 Å². The van der Waals surface area contributed by atoms with Crippen LogP contribution in [0.25, 0.3) is 0 Å². The molecule has 0 radical (unpaired) electrons. The Labute approximate surface area is 101 Å². The Morgan fingerprint density at radius 1 is 1.35 bits per heavy atom. The van der Waals surface area contributed by atoms with Gasteiger partial charge in [-0.05, 0) is 18.9 Å². The molecule has 0 amide bonds. The highest BCUT2D eigenvalue weighted by molar-refractivity contribution is 5.19. The quantitative estimate of drug-likeness (QED) is 0.839. The average molecular weight is 239 g/mol. The van der Waals surface area contributed by atoms with Crippen molar-refractivity contribution in [3.05, 3.63) is 35.6 Å². The number of aliphatic hydroxyl groups excluding tert-OH is 1. The largest absolute Gasteiger partial charge is 0.387 e. The molecule has 0 unspecified atom stereocenters. The topological polar surface area (TPSA) is 41.5 Å². The highest BCUT2D eigenvalue weighted by atomic mass is 19.1.